The molecule has 0 bridgehead atoms. The van der Waals surface area contributed by atoms with Crippen molar-refractivity contribution in [3.63, 3.8) is 0 Å². The number of amides is 2. The van der Waals surface area contributed by atoms with E-state index in [2.05, 4.69) is 30.7 Å². The number of aromatic nitrogens is 5. The third kappa shape index (κ3) is 3.35. The van der Waals surface area contributed by atoms with Gasteiger partial charge in [-0.15, -0.1) is 0 Å². The average Bonchev–Trinajstić information content (AvgIpc) is 3.21. The highest BCUT2D eigenvalue weighted by Gasteiger charge is 2.54. The molecule has 4 heterocycles. The van der Waals surface area contributed by atoms with Crippen molar-refractivity contribution >= 4 is 22.6 Å². The number of carbonyl (C=O) groups is 1. The van der Waals surface area contributed by atoms with Crippen LogP contribution in [-0.2, 0) is 0 Å². The van der Waals surface area contributed by atoms with Crippen LogP contribution in [0.1, 0.15) is 25.7 Å². The SMILES string of the molecule is O=C(Nc1cn[nH]c1-c1cc2[nH]ncc2cn1)N1CCC(Oc2ccccc2)CC12CC2. The van der Waals surface area contributed by atoms with Crippen LogP contribution in [0.5, 0.6) is 5.75 Å². The number of benzene rings is 1. The van der Waals surface area contributed by atoms with Gasteiger partial charge in [0.25, 0.3) is 0 Å². The second-order valence-electron chi connectivity index (χ2n) is 8.54. The van der Waals surface area contributed by atoms with Gasteiger partial charge in [-0.1, -0.05) is 18.2 Å². The van der Waals surface area contributed by atoms with Crippen LogP contribution in [-0.4, -0.2) is 54.5 Å². The van der Waals surface area contributed by atoms with Gasteiger partial charge in [0, 0.05) is 36.5 Å². The highest BCUT2D eigenvalue weighted by molar-refractivity contribution is 5.94. The molecule has 2 fully saturated rings. The molecule has 4 aromatic rings. The number of fused-ring (bicyclic) bond motifs is 1. The molecule has 162 valence electrons. The minimum absolute atomic E-state index is 0.106. The molecule has 9 heteroatoms. The zero-order valence-electron chi connectivity index (χ0n) is 17.4. The number of hydrogen-bond acceptors (Lipinski definition) is 5. The molecule has 1 saturated heterocycles. The van der Waals surface area contributed by atoms with E-state index in [9.17, 15) is 4.79 Å². The summed E-state index contributed by atoms with van der Waals surface area (Å²) in [6.45, 7) is 0.662. The first kappa shape index (κ1) is 18.9. The van der Waals surface area contributed by atoms with Crippen LogP contribution in [0.3, 0.4) is 0 Å². The van der Waals surface area contributed by atoms with E-state index in [0.717, 1.165) is 42.3 Å². The number of rotatable bonds is 4. The van der Waals surface area contributed by atoms with E-state index in [4.69, 9.17) is 4.74 Å². The number of hydrogen-bond donors (Lipinski definition) is 3. The summed E-state index contributed by atoms with van der Waals surface area (Å²) in [7, 11) is 0. The Balaban J connectivity index is 1.17. The molecule has 1 spiro atoms. The fourth-order valence-electron chi connectivity index (χ4n) is 4.61. The van der Waals surface area contributed by atoms with Gasteiger partial charge in [-0.3, -0.25) is 15.2 Å². The van der Waals surface area contributed by atoms with Gasteiger partial charge in [0.1, 0.15) is 17.5 Å². The van der Waals surface area contributed by atoms with Crippen molar-refractivity contribution in [2.45, 2.75) is 37.3 Å². The number of ether oxygens (including phenoxy) is 1. The van der Waals surface area contributed by atoms with E-state index >= 15 is 0 Å². The monoisotopic (exact) mass is 429 g/mol. The summed E-state index contributed by atoms with van der Waals surface area (Å²) >= 11 is 0. The highest BCUT2D eigenvalue weighted by atomic mass is 16.5. The summed E-state index contributed by atoms with van der Waals surface area (Å²) in [5.41, 5.74) is 2.73. The maximum Gasteiger partial charge on any atom is 0.322 e. The first-order chi connectivity index (χ1) is 15.7. The van der Waals surface area contributed by atoms with Crippen LogP contribution in [0.2, 0.25) is 0 Å². The minimum Gasteiger partial charge on any atom is -0.490 e. The van der Waals surface area contributed by atoms with Crippen molar-refractivity contribution in [1.29, 1.82) is 0 Å². The third-order valence-electron chi connectivity index (χ3n) is 6.43. The lowest BCUT2D eigenvalue weighted by Crippen LogP contribution is -2.52. The Morgan fingerprint density at radius 2 is 1.97 bits per heavy atom. The van der Waals surface area contributed by atoms with E-state index in [0.29, 0.717) is 23.6 Å². The fraction of sp³-hybridized carbons (Fsp3) is 0.304. The zero-order valence-corrected chi connectivity index (χ0v) is 17.4. The van der Waals surface area contributed by atoms with Crippen LogP contribution in [0.25, 0.3) is 22.3 Å². The molecule has 3 N–H and O–H groups in total. The lowest BCUT2D eigenvalue weighted by molar-refractivity contribution is 0.0674. The molecular weight excluding hydrogens is 406 g/mol. The van der Waals surface area contributed by atoms with Crippen molar-refractivity contribution in [2.24, 2.45) is 0 Å². The molecular formula is C23H23N7O2. The van der Waals surface area contributed by atoms with Crippen LogP contribution >= 0.6 is 0 Å². The molecule has 9 nitrogen and oxygen atoms in total. The quantitative estimate of drug-likeness (QED) is 0.455. The summed E-state index contributed by atoms with van der Waals surface area (Å²) in [4.78, 5) is 19.7. The molecule has 3 aromatic heterocycles. The summed E-state index contributed by atoms with van der Waals surface area (Å²) in [6, 6.07) is 11.7. The molecule has 2 aliphatic rings. The van der Waals surface area contributed by atoms with Gasteiger partial charge in [0.05, 0.1) is 29.3 Å². The number of carbonyl (C=O) groups excluding carboxylic acids is 1. The number of likely N-dealkylation sites (tertiary alicyclic amines) is 1. The smallest absolute Gasteiger partial charge is 0.322 e. The Morgan fingerprint density at radius 1 is 1.12 bits per heavy atom. The topological polar surface area (TPSA) is 112 Å². The van der Waals surface area contributed by atoms with Gasteiger partial charge in [0.15, 0.2) is 0 Å². The Morgan fingerprint density at radius 3 is 2.81 bits per heavy atom. The molecule has 6 rings (SSSR count). The van der Waals surface area contributed by atoms with Crippen LogP contribution < -0.4 is 10.1 Å². The molecule has 2 amide bonds. The van der Waals surface area contributed by atoms with E-state index < -0.39 is 0 Å². The summed E-state index contributed by atoms with van der Waals surface area (Å²) in [6.07, 6.45) is 8.89. The number of para-hydroxylation sites is 1. The van der Waals surface area contributed by atoms with Crippen molar-refractivity contribution in [1.82, 2.24) is 30.3 Å². The van der Waals surface area contributed by atoms with E-state index in [1.54, 1.807) is 18.6 Å². The zero-order chi connectivity index (χ0) is 21.5. The van der Waals surface area contributed by atoms with E-state index in [1.807, 2.05) is 41.3 Å². The number of H-pyrrole nitrogens is 2. The summed E-state index contributed by atoms with van der Waals surface area (Å²) in [5.74, 6) is 0.885. The number of nitrogens with one attached hydrogen (secondary N) is 3. The Bertz CT molecular complexity index is 1260. The van der Waals surface area contributed by atoms with Crippen molar-refractivity contribution in [2.75, 3.05) is 11.9 Å². The second-order valence-corrected chi connectivity index (χ2v) is 8.54. The number of aromatic amines is 2. The largest absolute Gasteiger partial charge is 0.490 e. The molecule has 1 atom stereocenters. The minimum atomic E-state index is -0.112. The summed E-state index contributed by atoms with van der Waals surface area (Å²) in [5, 5.41) is 18.0. The first-order valence-electron chi connectivity index (χ1n) is 10.8. The standard InChI is InChI=1S/C23H23N7O2/c31-22(27-20-14-26-29-21(20)19-10-18-15(12-24-19)13-25-28-18)30-9-6-17(11-23(30)7-8-23)32-16-4-2-1-3-5-16/h1-5,10,12-14,17H,6-9,11H2,(H,25,28)(H,26,29)(H,27,31). The summed E-state index contributed by atoms with van der Waals surface area (Å²) < 4.78 is 6.18. The lowest BCUT2D eigenvalue weighted by Gasteiger charge is -2.40. The van der Waals surface area contributed by atoms with Gasteiger partial charge in [-0.25, -0.2) is 4.79 Å². The van der Waals surface area contributed by atoms with Crippen molar-refractivity contribution in [3.05, 3.63) is 55.0 Å². The van der Waals surface area contributed by atoms with Gasteiger partial charge in [-0.05, 0) is 31.0 Å². The van der Waals surface area contributed by atoms with Gasteiger partial charge >= 0.3 is 6.03 Å². The number of pyridine rings is 1. The fourth-order valence-corrected chi connectivity index (χ4v) is 4.61. The predicted molar refractivity (Wildman–Crippen MR) is 119 cm³/mol. The molecule has 1 aromatic carbocycles. The van der Waals surface area contributed by atoms with Crippen molar-refractivity contribution in [3.8, 4) is 17.1 Å². The lowest BCUT2D eigenvalue weighted by atomic mass is 9.97. The molecule has 32 heavy (non-hydrogen) atoms. The Labute approximate surface area is 184 Å². The Hall–Kier alpha value is -3.88. The molecule has 1 saturated carbocycles. The number of urea groups is 1. The number of piperidine rings is 1. The second kappa shape index (κ2) is 7.37. The normalized spacial score (nSPS) is 19.2. The van der Waals surface area contributed by atoms with Gasteiger partial charge < -0.3 is 15.0 Å². The van der Waals surface area contributed by atoms with E-state index in [1.165, 1.54) is 0 Å². The van der Waals surface area contributed by atoms with Gasteiger partial charge in [0.2, 0.25) is 0 Å². The molecule has 1 aliphatic heterocycles. The highest BCUT2D eigenvalue weighted by Crippen LogP contribution is 2.49. The van der Waals surface area contributed by atoms with Crippen molar-refractivity contribution < 1.29 is 9.53 Å². The van der Waals surface area contributed by atoms with E-state index in [-0.39, 0.29) is 17.7 Å². The maximum atomic E-state index is 13.2. The number of nitrogens with zero attached hydrogens (tertiary/aromatic N) is 4. The van der Waals surface area contributed by atoms with Gasteiger partial charge in [-0.2, -0.15) is 10.2 Å². The molecule has 1 aliphatic carbocycles. The third-order valence-corrected chi connectivity index (χ3v) is 6.43. The Kier molecular flexibility index (Phi) is 4.34. The van der Waals surface area contributed by atoms with Crippen LogP contribution in [0.4, 0.5) is 10.5 Å². The van der Waals surface area contributed by atoms with Crippen LogP contribution in [0.15, 0.2) is 55.0 Å². The molecule has 1 unspecified atom stereocenters. The molecule has 0 radical (unpaired) electrons. The first-order valence-corrected chi connectivity index (χ1v) is 10.8. The van der Waals surface area contributed by atoms with Crippen LogP contribution in [0, 0.1) is 0 Å². The average molecular weight is 429 g/mol. The predicted octanol–water partition coefficient (Wildman–Crippen LogP) is 3.96. The number of anilines is 1. The maximum absolute atomic E-state index is 13.2.